The van der Waals surface area contributed by atoms with E-state index in [4.69, 9.17) is 4.52 Å². The van der Waals surface area contributed by atoms with Crippen LogP contribution in [-0.2, 0) is 12.1 Å². The van der Waals surface area contributed by atoms with Gasteiger partial charge in [-0.05, 0) is 64.3 Å². The van der Waals surface area contributed by atoms with Crippen LogP contribution in [0.4, 0.5) is 0 Å². The zero-order chi connectivity index (χ0) is 18.1. The lowest BCUT2D eigenvalue weighted by Crippen LogP contribution is -2.43. The number of aromatic nitrogens is 4. The predicted octanol–water partition coefficient (Wildman–Crippen LogP) is 3.59. The van der Waals surface area contributed by atoms with Crippen molar-refractivity contribution in [3.8, 4) is 11.4 Å². The van der Waals surface area contributed by atoms with E-state index in [9.17, 15) is 0 Å². The normalized spacial score (nSPS) is 20.4. The molecule has 3 aromatic rings. The fourth-order valence-electron chi connectivity index (χ4n) is 3.62. The monoisotopic (exact) mass is 351 g/mol. The summed E-state index contributed by atoms with van der Waals surface area (Å²) in [5.74, 6) is 1.32. The molecule has 0 bridgehead atoms. The molecule has 1 N–H and O–H groups in total. The molecule has 1 aromatic carbocycles. The van der Waals surface area contributed by atoms with Crippen LogP contribution in [0, 0.1) is 13.8 Å². The van der Waals surface area contributed by atoms with Gasteiger partial charge in [0.2, 0.25) is 11.7 Å². The second-order valence-corrected chi connectivity index (χ2v) is 7.42. The molecule has 0 amide bonds. The van der Waals surface area contributed by atoms with Gasteiger partial charge in [0.1, 0.15) is 0 Å². The van der Waals surface area contributed by atoms with Crippen molar-refractivity contribution in [1.29, 1.82) is 0 Å². The molecule has 26 heavy (non-hydrogen) atoms. The maximum Gasteiger partial charge on any atom is 0.246 e. The molecule has 2 aromatic heterocycles. The van der Waals surface area contributed by atoms with Gasteiger partial charge in [-0.2, -0.15) is 10.1 Å². The van der Waals surface area contributed by atoms with Crippen LogP contribution in [0.3, 0.4) is 0 Å². The summed E-state index contributed by atoms with van der Waals surface area (Å²) in [5.41, 5.74) is 4.12. The molecule has 0 saturated carbocycles. The third-order valence-corrected chi connectivity index (χ3v) is 5.14. The van der Waals surface area contributed by atoms with Gasteiger partial charge in [-0.25, -0.2) is 0 Å². The van der Waals surface area contributed by atoms with Crippen molar-refractivity contribution in [1.82, 2.24) is 25.2 Å². The van der Waals surface area contributed by atoms with E-state index in [1.54, 1.807) is 0 Å². The molecule has 0 aliphatic carbocycles. The van der Waals surface area contributed by atoms with Crippen LogP contribution in [0.1, 0.15) is 49.0 Å². The minimum atomic E-state index is -0.217. The summed E-state index contributed by atoms with van der Waals surface area (Å²) in [5, 5.41) is 12.3. The SMILES string of the molecule is Cc1cc(C)n(Cc2cccc(-c3noc(C4(C)CCCCN4)n3)c2)n1. The third-order valence-electron chi connectivity index (χ3n) is 5.14. The number of nitrogens with zero attached hydrogens (tertiary/aromatic N) is 4. The topological polar surface area (TPSA) is 68.8 Å². The Morgan fingerprint density at radius 2 is 2.12 bits per heavy atom. The van der Waals surface area contributed by atoms with Gasteiger partial charge in [-0.3, -0.25) is 4.68 Å². The molecular weight excluding hydrogens is 326 g/mol. The number of rotatable bonds is 4. The highest BCUT2D eigenvalue weighted by Gasteiger charge is 2.34. The van der Waals surface area contributed by atoms with Crippen LogP contribution in [0.5, 0.6) is 0 Å². The average Bonchev–Trinajstić information content (AvgIpc) is 3.24. The molecule has 1 fully saturated rings. The molecule has 0 spiro atoms. The second kappa shape index (κ2) is 6.68. The molecule has 1 saturated heterocycles. The van der Waals surface area contributed by atoms with Crippen molar-refractivity contribution in [2.75, 3.05) is 6.54 Å². The van der Waals surface area contributed by atoms with Gasteiger partial charge in [0.05, 0.1) is 17.8 Å². The number of benzene rings is 1. The van der Waals surface area contributed by atoms with Crippen molar-refractivity contribution in [2.24, 2.45) is 0 Å². The van der Waals surface area contributed by atoms with E-state index in [1.807, 2.05) is 23.7 Å². The average molecular weight is 351 g/mol. The Labute approximate surface area is 153 Å². The summed E-state index contributed by atoms with van der Waals surface area (Å²) < 4.78 is 7.62. The summed E-state index contributed by atoms with van der Waals surface area (Å²) in [6, 6.07) is 10.4. The first-order valence-electron chi connectivity index (χ1n) is 9.23. The Hall–Kier alpha value is -2.47. The molecular formula is C20H25N5O. The first kappa shape index (κ1) is 17.0. The van der Waals surface area contributed by atoms with E-state index in [0.717, 1.165) is 36.5 Å². The van der Waals surface area contributed by atoms with Gasteiger partial charge < -0.3 is 9.84 Å². The smallest absolute Gasteiger partial charge is 0.246 e. The number of nitrogens with one attached hydrogen (secondary N) is 1. The minimum Gasteiger partial charge on any atom is -0.337 e. The van der Waals surface area contributed by atoms with E-state index in [2.05, 4.69) is 52.6 Å². The molecule has 0 radical (unpaired) electrons. The van der Waals surface area contributed by atoms with E-state index in [0.29, 0.717) is 11.7 Å². The van der Waals surface area contributed by atoms with Crippen molar-refractivity contribution >= 4 is 0 Å². The molecule has 6 heteroatoms. The number of piperidine rings is 1. The first-order chi connectivity index (χ1) is 12.5. The second-order valence-electron chi connectivity index (χ2n) is 7.42. The van der Waals surface area contributed by atoms with Crippen molar-refractivity contribution in [2.45, 2.75) is 52.1 Å². The van der Waals surface area contributed by atoms with Gasteiger partial charge in [0.15, 0.2) is 0 Å². The van der Waals surface area contributed by atoms with Crippen LogP contribution in [-0.4, -0.2) is 26.5 Å². The maximum absolute atomic E-state index is 5.60. The Bertz CT molecular complexity index is 905. The van der Waals surface area contributed by atoms with Crippen molar-refractivity contribution < 1.29 is 4.52 Å². The number of hydrogen-bond acceptors (Lipinski definition) is 5. The lowest BCUT2D eigenvalue weighted by Gasteiger charge is -2.31. The number of hydrogen-bond donors (Lipinski definition) is 1. The van der Waals surface area contributed by atoms with Crippen LogP contribution in [0.25, 0.3) is 11.4 Å². The molecule has 136 valence electrons. The Morgan fingerprint density at radius 3 is 2.85 bits per heavy atom. The lowest BCUT2D eigenvalue weighted by atomic mass is 9.91. The Balaban J connectivity index is 1.58. The van der Waals surface area contributed by atoms with Crippen LogP contribution in [0.2, 0.25) is 0 Å². The zero-order valence-electron chi connectivity index (χ0n) is 15.6. The van der Waals surface area contributed by atoms with Gasteiger partial charge in [0, 0.05) is 11.3 Å². The van der Waals surface area contributed by atoms with Gasteiger partial charge in [-0.1, -0.05) is 23.4 Å². The third kappa shape index (κ3) is 3.29. The highest BCUT2D eigenvalue weighted by molar-refractivity contribution is 5.55. The molecule has 1 aliphatic rings. The number of aryl methyl sites for hydroxylation is 2. The predicted molar refractivity (Wildman–Crippen MR) is 99.7 cm³/mol. The highest BCUT2D eigenvalue weighted by atomic mass is 16.5. The highest BCUT2D eigenvalue weighted by Crippen LogP contribution is 2.30. The van der Waals surface area contributed by atoms with E-state index in [1.165, 1.54) is 18.4 Å². The Morgan fingerprint density at radius 1 is 1.23 bits per heavy atom. The fourth-order valence-corrected chi connectivity index (χ4v) is 3.62. The molecule has 6 nitrogen and oxygen atoms in total. The summed E-state index contributed by atoms with van der Waals surface area (Å²) in [7, 11) is 0. The van der Waals surface area contributed by atoms with Crippen LogP contribution < -0.4 is 5.32 Å². The van der Waals surface area contributed by atoms with Gasteiger partial charge >= 0.3 is 0 Å². The maximum atomic E-state index is 5.60. The van der Waals surface area contributed by atoms with Gasteiger partial charge in [0.25, 0.3) is 0 Å². The molecule has 3 heterocycles. The molecule has 1 aliphatic heterocycles. The quantitative estimate of drug-likeness (QED) is 0.778. The summed E-state index contributed by atoms with van der Waals surface area (Å²) in [4.78, 5) is 4.68. The van der Waals surface area contributed by atoms with Crippen molar-refractivity contribution in [3.05, 3.63) is 53.2 Å². The van der Waals surface area contributed by atoms with E-state index >= 15 is 0 Å². The van der Waals surface area contributed by atoms with Crippen LogP contribution >= 0.6 is 0 Å². The van der Waals surface area contributed by atoms with Crippen molar-refractivity contribution in [3.63, 3.8) is 0 Å². The van der Waals surface area contributed by atoms with Crippen LogP contribution in [0.15, 0.2) is 34.9 Å². The van der Waals surface area contributed by atoms with Gasteiger partial charge in [-0.15, -0.1) is 0 Å². The molecule has 1 atom stereocenters. The molecule has 1 unspecified atom stereocenters. The largest absolute Gasteiger partial charge is 0.337 e. The van der Waals surface area contributed by atoms with E-state index in [-0.39, 0.29) is 5.54 Å². The summed E-state index contributed by atoms with van der Waals surface area (Å²) in [6.45, 7) is 7.96. The summed E-state index contributed by atoms with van der Waals surface area (Å²) >= 11 is 0. The fraction of sp³-hybridized carbons (Fsp3) is 0.450. The Kier molecular flexibility index (Phi) is 4.36. The zero-order valence-corrected chi connectivity index (χ0v) is 15.6. The van der Waals surface area contributed by atoms with E-state index < -0.39 is 0 Å². The standard InChI is InChI=1S/C20H25N5O/c1-14-11-15(2)25(23-14)13-16-7-6-8-17(12-16)18-22-19(26-24-18)20(3)9-4-5-10-21-20/h6-8,11-12,21H,4-5,9-10,13H2,1-3H3. The lowest BCUT2D eigenvalue weighted by molar-refractivity contribution is 0.207. The molecule has 4 rings (SSSR count). The minimum absolute atomic E-state index is 0.217. The summed E-state index contributed by atoms with van der Waals surface area (Å²) in [6.07, 6.45) is 3.40. The first-order valence-corrected chi connectivity index (χ1v) is 9.23.